The van der Waals surface area contributed by atoms with Crippen LogP contribution >= 0.6 is 11.8 Å². The number of rotatable bonds is 9. The molecule has 0 aliphatic carbocycles. The van der Waals surface area contributed by atoms with E-state index in [0.29, 0.717) is 46.0 Å². The molecule has 1 atom stereocenters. The molecular formula is C25H28FN5O2S. The average molecular weight is 482 g/mol. The highest BCUT2D eigenvalue weighted by Crippen LogP contribution is 2.38. The lowest BCUT2D eigenvalue weighted by atomic mass is 9.94. The summed E-state index contributed by atoms with van der Waals surface area (Å²) in [6.45, 7) is 6.27. The zero-order valence-electron chi connectivity index (χ0n) is 19.5. The molecule has 1 unspecified atom stereocenters. The third-order valence-corrected chi connectivity index (χ3v) is 6.37. The van der Waals surface area contributed by atoms with Crippen LogP contribution in [0, 0.1) is 5.82 Å². The summed E-state index contributed by atoms with van der Waals surface area (Å²) in [5, 5.41) is 11.4. The SMILES string of the molecule is CCCCSc1nc2n(n1)C(c1ccccc1F)C(C(=O)Nc1ccccc1OCC)=C(C)N2. The zero-order valence-corrected chi connectivity index (χ0v) is 20.3. The molecule has 2 heterocycles. The van der Waals surface area contributed by atoms with Crippen molar-refractivity contribution in [3.63, 3.8) is 0 Å². The van der Waals surface area contributed by atoms with Crippen LogP contribution in [0.2, 0.25) is 0 Å². The van der Waals surface area contributed by atoms with Gasteiger partial charge in [-0.1, -0.05) is 55.4 Å². The van der Waals surface area contributed by atoms with Gasteiger partial charge in [0.2, 0.25) is 11.1 Å². The number of nitrogens with one attached hydrogen (secondary N) is 2. The van der Waals surface area contributed by atoms with Gasteiger partial charge in [-0.15, -0.1) is 5.10 Å². The van der Waals surface area contributed by atoms with Crippen LogP contribution in [0.15, 0.2) is 65.0 Å². The lowest BCUT2D eigenvalue weighted by Crippen LogP contribution is -2.32. The molecule has 0 fully saturated rings. The molecule has 4 rings (SSSR count). The van der Waals surface area contributed by atoms with Gasteiger partial charge in [0.25, 0.3) is 5.91 Å². The van der Waals surface area contributed by atoms with E-state index in [9.17, 15) is 4.79 Å². The minimum atomic E-state index is -0.773. The fraction of sp³-hybridized carbons (Fsp3) is 0.320. The molecule has 1 aromatic heterocycles. The molecule has 7 nitrogen and oxygen atoms in total. The van der Waals surface area contributed by atoms with E-state index in [0.717, 1.165) is 18.6 Å². The average Bonchev–Trinajstić information content (AvgIpc) is 3.22. The minimum absolute atomic E-state index is 0.350. The third kappa shape index (κ3) is 4.94. The van der Waals surface area contributed by atoms with E-state index in [-0.39, 0.29) is 5.91 Å². The Balaban J connectivity index is 1.74. The van der Waals surface area contributed by atoms with Gasteiger partial charge in [-0.05, 0) is 38.5 Å². The first-order valence-corrected chi connectivity index (χ1v) is 12.4. The van der Waals surface area contributed by atoms with E-state index in [4.69, 9.17) is 4.74 Å². The Kier molecular flexibility index (Phi) is 7.52. The lowest BCUT2D eigenvalue weighted by molar-refractivity contribution is -0.113. The number of carbonyl (C=O) groups is 1. The number of carbonyl (C=O) groups excluding carboxylic acids is 1. The van der Waals surface area contributed by atoms with Gasteiger partial charge in [0.05, 0.1) is 17.9 Å². The molecule has 0 radical (unpaired) electrons. The maximum absolute atomic E-state index is 15.0. The smallest absolute Gasteiger partial charge is 0.255 e. The summed E-state index contributed by atoms with van der Waals surface area (Å²) in [6.07, 6.45) is 2.12. The molecule has 9 heteroatoms. The number of ether oxygens (including phenoxy) is 1. The number of halogens is 1. The summed E-state index contributed by atoms with van der Waals surface area (Å²) in [7, 11) is 0. The van der Waals surface area contributed by atoms with Crippen molar-refractivity contribution in [1.82, 2.24) is 14.8 Å². The Labute approximate surface area is 202 Å². The first-order valence-electron chi connectivity index (χ1n) is 11.4. The van der Waals surface area contributed by atoms with Crippen LogP contribution in [-0.2, 0) is 4.79 Å². The number of allylic oxidation sites excluding steroid dienone is 1. The molecule has 178 valence electrons. The Morgan fingerprint density at radius 3 is 2.74 bits per heavy atom. The number of hydrogen-bond donors (Lipinski definition) is 2. The number of fused-ring (bicyclic) bond motifs is 1. The van der Waals surface area contributed by atoms with Gasteiger partial charge in [0, 0.05) is 17.0 Å². The van der Waals surface area contributed by atoms with E-state index in [1.54, 1.807) is 53.7 Å². The number of nitrogens with zero attached hydrogens (tertiary/aromatic N) is 3. The number of benzene rings is 2. The number of para-hydroxylation sites is 2. The van der Waals surface area contributed by atoms with E-state index in [1.807, 2.05) is 19.1 Å². The summed E-state index contributed by atoms with van der Waals surface area (Å²) in [5.41, 5.74) is 1.84. The fourth-order valence-corrected chi connectivity index (χ4v) is 4.73. The topological polar surface area (TPSA) is 81.1 Å². The highest BCUT2D eigenvalue weighted by molar-refractivity contribution is 7.99. The summed E-state index contributed by atoms with van der Waals surface area (Å²) in [4.78, 5) is 18.2. The van der Waals surface area contributed by atoms with Crippen molar-refractivity contribution in [2.45, 2.75) is 44.8 Å². The summed E-state index contributed by atoms with van der Waals surface area (Å²) >= 11 is 1.55. The van der Waals surface area contributed by atoms with Gasteiger partial charge >= 0.3 is 0 Å². The molecule has 34 heavy (non-hydrogen) atoms. The molecule has 2 aromatic carbocycles. The van der Waals surface area contributed by atoms with E-state index in [2.05, 4.69) is 27.6 Å². The number of hydrogen-bond acceptors (Lipinski definition) is 6. The van der Waals surface area contributed by atoms with Gasteiger partial charge in [0.1, 0.15) is 17.6 Å². The van der Waals surface area contributed by atoms with E-state index in [1.165, 1.54) is 6.07 Å². The second kappa shape index (κ2) is 10.7. The van der Waals surface area contributed by atoms with Crippen LogP contribution in [0.25, 0.3) is 0 Å². The predicted molar refractivity (Wildman–Crippen MR) is 133 cm³/mol. The molecule has 1 amide bonds. The minimum Gasteiger partial charge on any atom is -0.492 e. The van der Waals surface area contributed by atoms with Gasteiger partial charge in [0.15, 0.2) is 0 Å². The maximum atomic E-state index is 15.0. The van der Waals surface area contributed by atoms with Gasteiger partial charge in [-0.3, -0.25) is 4.79 Å². The van der Waals surface area contributed by atoms with Crippen LogP contribution < -0.4 is 15.4 Å². The van der Waals surface area contributed by atoms with Crippen molar-refractivity contribution in [2.75, 3.05) is 23.0 Å². The van der Waals surface area contributed by atoms with Crippen molar-refractivity contribution in [1.29, 1.82) is 0 Å². The molecular weight excluding hydrogens is 453 g/mol. The molecule has 1 aliphatic rings. The number of unbranched alkanes of at least 4 members (excludes halogenated alkanes) is 1. The number of thioether (sulfide) groups is 1. The van der Waals surface area contributed by atoms with Crippen molar-refractivity contribution in [2.24, 2.45) is 0 Å². The van der Waals surface area contributed by atoms with Gasteiger partial charge < -0.3 is 15.4 Å². The molecule has 0 saturated heterocycles. The standard InChI is InChI=1S/C25H28FN5O2S/c1-4-6-15-34-25-29-24-27-16(3)21(22(31(24)30-25)17-11-7-8-12-18(17)26)23(32)28-19-13-9-10-14-20(19)33-5-2/h7-14,22H,4-6,15H2,1-3H3,(H,28,32)(H,27,29,30). The van der Waals surface area contributed by atoms with Crippen molar-refractivity contribution >= 4 is 29.3 Å². The lowest BCUT2D eigenvalue weighted by Gasteiger charge is -2.29. The predicted octanol–water partition coefficient (Wildman–Crippen LogP) is 5.64. The third-order valence-electron chi connectivity index (χ3n) is 5.44. The Morgan fingerprint density at radius 2 is 1.97 bits per heavy atom. The fourth-order valence-electron chi connectivity index (χ4n) is 3.82. The molecule has 2 N–H and O–H groups in total. The first kappa shape index (κ1) is 23.8. The van der Waals surface area contributed by atoms with Crippen LogP contribution in [0.5, 0.6) is 5.75 Å². The second-order valence-electron chi connectivity index (χ2n) is 7.84. The van der Waals surface area contributed by atoms with Crippen LogP contribution in [-0.4, -0.2) is 33.0 Å². The Morgan fingerprint density at radius 1 is 1.21 bits per heavy atom. The van der Waals surface area contributed by atoms with Crippen molar-refractivity contribution < 1.29 is 13.9 Å². The van der Waals surface area contributed by atoms with Crippen LogP contribution in [0.4, 0.5) is 16.0 Å². The quantitative estimate of drug-likeness (QED) is 0.304. The molecule has 0 spiro atoms. The molecule has 0 saturated carbocycles. The number of aromatic nitrogens is 3. The first-order chi connectivity index (χ1) is 16.5. The highest BCUT2D eigenvalue weighted by atomic mass is 32.2. The number of anilines is 2. The monoisotopic (exact) mass is 481 g/mol. The Bertz CT molecular complexity index is 1210. The largest absolute Gasteiger partial charge is 0.492 e. The molecule has 3 aromatic rings. The summed E-state index contributed by atoms with van der Waals surface area (Å²) in [5.74, 6) is 1.16. The molecule has 1 aliphatic heterocycles. The normalized spacial score (nSPS) is 15.0. The molecule has 0 bridgehead atoms. The van der Waals surface area contributed by atoms with Crippen molar-refractivity contribution in [3.05, 3.63) is 71.2 Å². The highest BCUT2D eigenvalue weighted by Gasteiger charge is 2.36. The van der Waals surface area contributed by atoms with Crippen molar-refractivity contribution in [3.8, 4) is 5.75 Å². The van der Waals surface area contributed by atoms with Crippen LogP contribution in [0.1, 0.15) is 45.2 Å². The zero-order chi connectivity index (χ0) is 24.1. The van der Waals surface area contributed by atoms with E-state index < -0.39 is 11.9 Å². The second-order valence-corrected chi connectivity index (χ2v) is 8.90. The maximum Gasteiger partial charge on any atom is 0.255 e. The van der Waals surface area contributed by atoms with Crippen LogP contribution in [0.3, 0.4) is 0 Å². The summed E-state index contributed by atoms with van der Waals surface area (Å²) in [6, 6.07) is 12.9. The van der Waals surface area contributed by atoms with Gasteiger partial charge in [-0.25, -0.2) is 9.07 Å². The van der Waals surface area contributed by atoms with Gasteiger partial charge in [-0.2, -0.15) is 4.98 Å². The van der Waals surface area contributed by atoms with E-state index >= 15 is 4.39 Å². The Hall–Kier alpha value is -3.33. The number of amides is 1. The summed E-state index contributed by atoms with van der Waals surface area (Å²) < 4.78 is 22.3.